The van der Waals surface area contributed by atoms with Crippen LogP contribution in [0.4, 0.5) is 0 Å². The van der Waals surface area contributed by atoms with Crippen LogP contribution in [0.25, 0.3) is 5.57 Å². The Labute approximate surface area is 106 Å². The van der Waals surface area contributed by atoms with E-state index in [2.05, 4.69) is 13.2 Å². The van der Waals surface area contributed by atoms with Crippen LogP contribution < -0.4 is 9.47 Å². The normalized spacial score (nSPS) is 9.44. The van der Waals surface area contributed by atoms with E-state index in [1.807, 2.05) is 0 Å². The Kier molecular flexibility index (Phi) is 4.99. The SMILES string of the molecule is C=CCOC(=O)C(=C)c1ccc(OC)c(OC)c1. The minimum Gasteiger partial charge on any atom is -0.493 e. The summed E-state index contributed by atoms with van der Waals surface area (Å²) in [6.07, 6.45) is 1.50. The van der Waals surface area contributed by atoms with E-state index in [1.165, 1.54) is 13.2 Å². The summed E-state index contributed by atoms with van der Waals surface area (Å²) < 4.78 is 15.2. The molecule has 0 fully saturated rings. The first kappa shape index (κ1) is 13.8. The van der Waals surface area contributed by atoms with Crippen molar-refractivity contribution in [1.29, 1.82) is 0 Å². The summed E-state index contributed by atoms with van der Waals surface area (Å²) in [5.41, 5.74) is 0.888. The van der Waals surface area contributed by atoms with E-state index in [0.717, 1.165) is 0 Å². The molecule has 1 aromatic carbocycles. The zero-order valence-corrected chi connectivity index (χ0v) is 10.6. The third kappa shape index (κ3) is 3.13. The largest absolute Gasteiger partial charge is 0.493 e. The first-order valence-electron chi connectivity index (χ1n) is 5.33. The summed E-state index contributed by atoms with van der Waals surface area (Å²) in [5, 5.41) is 0. The van der Waals surface area contributed by atoms with Gasteiger partial charge in [-0.15, -0.1) is 0 Å². The maximum absolute atomic E-state index is 11.6. The number of ether oxygens (including phenoxy) is 3. The van der Waals surface area contributed by atoms with Crippen LogP contribution in [0.1, 0.15) is 5.56 Å². The molecule has 4 heteroatoms. The molecule has 18 heavy (non-hydrogen) atoms. The van der Waals surface area contributed by atoms with E-state index in [0.29, 0.717) is 17.1 Å². The second kappa shape index (κ2) is 6.49. The summed E-state index contributed by atoms with van der Waals surface area (Å²) in [4.78, 5) is 11.6. The minimum atomic E-state index is -0.484. The molecule has 0 aliphatic rings. The lowest BCUT2D eigenvalue weighted by Crippen LogP contribution is -2.06. The van der Waals surface area contributed by atoms with Crippen molar-refractivity contribution in [3.63, 3.8) is 0 Å². The van der Waals surface area contributed by atoms with Crippen LogP contribution in [-0.2, 0) is 9.53 Å². The van der Waals surface area contributed by atoms with Crippen LogP contribution in [-0.4, -0.2) is 26.8 Å². The number of benzene rings is 1. The Balaban J connectivity index is 2.92. The highest BCUT2D eigenvalue weighted by Crippen LogP contribution is 2.30. The third-order valence-corrected chi connectivity index (χ3v) is 2.31. The monoisotopic (exact) mass is 248 g/mol. The molecule has 0 bridgehead atoms. The van der Waals surface area contributed by atoms with Gasteiger partial charge in [0.1, 0.15) is 6.61 Å². The zero-order chi connectivity index (χ0) is 13.5. The minimum absolute atomic E-state index is 0.158. The van der Waals surface area contributed by atoms with Crippen LogP contribution in [0.2, 0.25) is 0 Å². The van der Waals surface area contributed by atoms with Crippen LogP contribution in [0.5, 0.6) is 11.5 Å². The molecule has 0 heterocycles. The molecular weight excluding hydrogens is 232 g/mol. The Morgan fingerprint density at radius 3 is 2.50 bits per heavy atom. The molecule has 0 N–H and O–H groups in total. The smallest absolute Gasteiger partial charge is 0.338 e. The van der Waals surface area contributed by atoms with E-state index in [4.69, 9.17) is 14.2 Å². The number of hydrogen-bond acceptors (Lipinski definition) is 4. The number of carbonyl (C=O) groups excluding carboxylic acids is 1. The van der Waals surface area contributed by atoms with Gasteiger partial charge in [-0.05, 0) is 17.7 Å². The third-order valence-electron chi connectivity index (χ3n) is 2.31. The van der Waals surface area contributed by atoms with Crippen molar-refractivity contribution in [2.45, 2.75) is 0 Å². The number of methoxy groups -OCH3 is 2. The van der Waals surface area contributed by atoms with Gasteiger partial charge in [0.05, 0.1) is 19.8 Å². The molecule has 4 nitrogen and oxygen atoms in total. The molecule has 0 aliphatic carbocycles. The Bertz CT molecular complexity index is 463. The molecule has 1 rings (SSSR count). The summed E-state index contributed by atoms with van der Waals surface area (Å²) >= 11 is 0. The van der Waals surface area contributed by atoms with Gasteiger partial charge in [-0.25, -0.2) is 4.79 Å². The topological polar surface area (TPSA) is 44.8 Å². The lowest BCUT2D eigenvalue weighted by atomic mass is 10.1. The number of hydrogen-bond donors (Lipinski definition) is 0. The summed E-state index contributed by atoms with van der Waals surface area (Å²) in [6, 6.07) is 5.11. The van der Waals surface area contributed by atoms with Crippen molar-refractivity contribution in [3.8, 4) is 11.5 Å². The molecule has 0 saturated heterocycles. The summed E-state index contributed by atoms with van der Waals surface area (Å²) in [5.74, 6) is 0.642. The van der Waals surface area contributed by atoms with Crippen molar-refractivity contribution in [1.82, 2.24) is 0 Å². The molecule has 96 valence electrons. The standard InChI is InChI=1S/C14H16O4/c1-5-8-18-14(15)10(2)11-6-7-12(16-3)13(9-11)17-4/h5-7,9H,1-2,8H2,3-4H3. The van der Waals surface area contributed by atoms with Gasteiger partial charge in [0.2, 0.25) is 0 Å². The van der Waals surface area contributed by atoms with E-state index in [-0.39, 0.29) is 12.2 Å². The highest BCUT2D eigenvalue weighted by Gasteiger charge is 2.13. The van der Waals surface area contributed by atoms with E-state index < -0.39 is 5.97 Å². The summed E-state index contributed by atoms with van der Waals surface area (Å²) in [6.45, 7) is 7.33. The van der Waals surface area contributed by atoms with Crippen LogP contribution in [0.15, 0.2) is 37.4 Å². The predicted molar refractivity (Wildman–Crippen MR) is 69.7 cm³/mol. The van der Waals surface area contributed by atoms with Crippen molar-refractivity contribution in [2.75, 3.05) is 20.8 Å². The molecule has 0 radical (unpaired) electrons. The van der Waals surface area contributed by atoms with Crippen LogP contribution in [0.3, 0.4) is 0 Å². The van der Waals surface area contributed by atoms with Gasteiger partial charge in [-0.2, -0.15) is 0 Å². The van der Waals surface area contributed by atoms with E-state index in [1.54, 1.807) is 25.3 Å². The first-order valence-corrected chi connectivity index (χ1v) is 5.33. The van der Waals surface area contributed by atoms with Crippen molar-refractivity contribution >= 4 is 11.5 Å². The predicted octanol–water partition coefficient (Wildman–Crippen LogP) is 2.45. The van der Waals surface area contributed by atoms with Gasteiger partial charge in [-0.3, -0.25) is 0 Å². The van der Waals surface area contributed by atoms with Crippen molar-refractivity contribution in [3.05, 3.63) is 43.0 Å². The van der Waals surface area contributed by atoms with Gasteiger partial charge in [0, 0.05) is 0 Å². The fraction of sp³-hybridized carbons (Fsp3) is 0.214. The maximum atomic E-state index is 11.6. The van der Waals surface area contributed by atoms with Gasteiger partial charge < -0.3 is 14.2 Å². The molecule has 0 unspecified atom stereocenters. The number of carbonyl (C=O) groups is 1. The van der Waals surface area contributed by atoms with Gasteiger partial charge >= 0.3 is 5.97 Å². The Morgan fingerprint density at radius 2 is 1.94 bits per heavy atom. The Hall–Kier alpha value is -2.23. The van der Waals surface area contributed by atoms with Crippen molar-refractivity contribution < 1.29 is 19.0 Å². The molecule has 0 amide bonds. The van der Waals surface area contributed by atoms with Gasteiger partial charge in [0.25, 0.3) is 0 Å². The Morgan fingerprint density at radius 1 is 1.28 bits per heavy atom. The maximum Gasteiger partial charge on any atom is 0.338 e. The average molecular weight is 248 g/mol. The molecular formula is C14H16O4. The highest BCUT2D eigenvalue weighted by molar-refractivity contribution is 6.15. The number of esters is 1. The molecule has 0 spiro atoms. The first-order chi connectivity index (χ1) is 8.63. The molecule has 0 atom stereocenters. The zero-order valence-electron chi connectivity index (χ0n) is 10.6. The van der Waals surface area contributed by atoms with Gasteiger partial charge in [-0.1, -0.05) is 25.3 Å². The second-order valence-corrected chi connectivity index (χ2v) is 3.44. The molecule has 1 aromatic rings. The highest BCUT2D eigenvalue weighted by atomic mass is 16.5. The molecule has 0 saturated carbocycles. The fourth-order valence-corrected chi connectivity index (χ4v) is 1.36. The quantitative estimate of drug-likeness (QED) is 0.440. The lowest BCUT2D eigenvalue weighted by molar-refractivity contribution is -0.135. The summed E-state index contributed by atoms with van der Waals surface area (Å²) in [7, 11) is 3.07. The fourth-order valence-electron chi connectivity index (χ4n) is 1.36. The van der Waals surface area contributed by atoms with Crippen LogP contribution >= 0.6 is 0 Å². The van der Waals surface area contributed by atoms with E-state index >= 15 is 0 Å². The number of rotatable bonds is 6. The van der Waals surface area contributed by atoms with E-state index in [9.17, 15) is 4.79 Å². The van der Waals surface area contributed by atoms with Crippen LogP contribution in [0, 0.1) is 0 Å². The molecule has 0 aliphatic heterocycles. The lowest BCUT2D eigenvalue weighted by Gasteiger charge is -2.10. The van der Waals surface area contributed by atoms with Crippen molar-refractivity contribution in [2.24, 2.45) is 0 Å². The second-order valence-electron chi connectivity index (χ2n) is 3.44. The molecule has 0 aromatic heterocycles. The average Bonchev–Trinajstić information content (AvgIpc) is 2.42. The van der Waals surface area contributed by atoms with Gasteiger partial charge in [0.15, 0.2) is 11.5 Å².